The molecule has 9 rings (SSSR count). The normalized spacial score (nSPS) is 12.3. The SMILES string of the molecule is Oc1c(N2C=CC=CC2)c(-c2cccc(-c3nc(-c4cccc(-c5ccccc5)c4)cc(-c4cccc(-c5ccccc5)c4)n3)c2)nc2ccccc12. The second-order valence-electron chi connectivity index (χ2n) is 13.0. The zero-order chi connectivity index (χ0) is 35.6. The molecule has 0 fully saturated rings. The average Bonchev–Trinajstić information content (AvgIpc) is 3.24. The number of hydrogen-bond donors (Lipinski definition) is 1. The lowest BCUT2D eigenvalue weighted by molar-refractivity contribution is 0.482. The van der Waals surface area contributed by atoms with Crippen LogP contribution in [0.3, 0.4) is 0 Å². The number of aromatic nitrogens is 3. The fourth-order valence-electron chi connectivity index (χ4n) is 6.95. The molecule has 0 spiro atoms. The van der Waals surface area contributed by atoms with Gasteiger partial charge in [-0.3, -0.25) is 0 Å². The first-order chi connectivity index (χ1) is 26.2. The summed E-state index contributed by atoms with van der Waals surface area (Å²) in [4.78, 5) is 17.6. The number of aromatic hydroxyl groups is 1. The zero-order valence-corrected chi connectivity index (χ0v) is 28.8. The summed E-state index contributed by atoms with van der Waals surface area (Å²) in [6.07, 6.45) is 8.02. The maximum absolute atomic E-state index is 11.7. The van der Waals surface area contributed by atoms with E-state index in [0.29, 0.717) is 29.1 Å². The molecule has 3 heterocycles. The number of anilines is 1. The van der Waals surface area contributed by atoms with Gasteiger partial charge in [0, 0.05) is 40.4 Å². The molecule has 2 aromatic heterocycles. The van der Waals surface area contributed by atoms with Gasteiger partial charge in [-0.2, -0.15) is 0 Å². The predicted octanol–water partition coefficient (Wildman–Crippen LogP) is 11.6. The van der Waals surface area contributed by atoms with Crippen molar-refractivity contribution in [3.05, 3.63) is 188 Å². The van der Waals surface area contributed by atoms with Crippen LogP contribution in [0.4, 0.5) is 5.69 Å². The van der Waals surface area contributed by atoms with E-state index < -0.39 is 0 Å². The molecule has 0 saturated heterocycles. The topological polar surface area (TPSA) is 62.1 Å². The van der Waals surface area contributed by atoms with Crippen LogP contribution in [0, 0.1) is 0 Å². The number of allylic oxidation sites excluding steroid dienone is 2. The highest BCUT2D eigenvalue weighted by Crippen LogP contribution is 2.43. The highest BCUT2D eigenvalue weighted by molar-refractivity contribution is 5.97. The van der Waals surface area contributed by atoms with Crippen LogP contribution in [0.2, 0.25) is 0 Å². The van der Waals surface area contributed by atoms with Gasteiger partial charge >= 0.3 is 0 Å². The Kier molecular flexibility index (Phi) is 8.35. The molecule has 1 aliphatic rings. The van der Waals surface area contributed by atoms with E-state index in [1.165, 1.54) is 0 Å². The smallest absolute Gasteiger partial charge is 0.160 e. The quantitative estimate of drug-likeness (QED) is 0.181. The maximum Gasteiger partial charge on any atom is 0.160 e. The fraction of sp³-hybridized carbons (Fsp3) is 0.0208. The van der Waals surface area contributed by atoms with E-state index in [2.05, 4.69) is 115 Å². The minimum atomic E-state index is 0.202. The lowest BCUT2D eigenvalue weighted by Crippen LogP contribution is -2.19. The minimum Gasteiger partial charge on any atom is -0.505 e. The third-order valence-electron chi connectivity index (χ3n) is 9.59. The summed E-state index contributed by atoms with van der Waals surface area (Å²) < 4.78 is 0. The fourth-order valence-corrected chi connectivity index (χ4v) is 6.95. The molecule has 0 atom stereocenters. The first-order valence-electron chi connectivity index (χ1n) is 17.7. The third-order valence-corrected chi connectivity index (χ3v) is 9.59. The minimum absolute atomic E-state index is 0.202. The molecule has 5 heteroatoms. The van der Waals surface area contributed by atoms with Gasteiger partial charge in [0.05, 0.1) is 22.6 Å². The molecule has 6 aromatic carbocycles. The molecule has 53 heavy (non-hydrogen) atoms. The standard InChI is InChI=1S/C48H34N4O/c53-47-41-25-8-9-26-42(41)49-45(46(47)52-27-10-3-11-28-52)39-23-14-24-40(31-39)48-50-43(37-21-12-19-35(29-37)33-15-4-1-5-16-33)32-44(51-48)38-22-13-20-36(30-38)34-17-6-2-7-18-34/h1-27,29-32H,28H2,(H,49,53). The molecular weight excluding hydrogens is 649 g/mol. The van der Waals surface area contributed by atoms with E-state index in [-0.39, 0.29) is 5.75 Å². The molecule has 0 bridgehead atoms. The number of fused-ring (bicyclic) bond motifs is 1. The van der Waals surface area contributed by atoms with Gasteiger partial charge in [0.25, 0.3) is 0 Å². The van der Waals surface area contributed by atoms with Crippen molar-refractivity contribution in [2.45, 2.75) is 0 Å². The first kappa shape index (κ1) is 31.8. The monoisotopic (exact) mass is 682 g/mol. The van der Waals surface area contributed by atoms with E-state index >= 15 is 0 Å². The van der Waals surface area contributed by atoms with Gasteiger partial charge in [0.15, 0.2) is 11.6 Å². The van der Waals surface area contributed by atoms with Gasteiger partial charge in [0.1, 0.15) is 5.69 Å². The van der Waals surface area contributed by atoms with Crippen LogP contribution in [0.15, 0.2) is 188 Å². The largest absolute Gasteiger partial charge is 0.505 e. The van der Waals surface area contributed by atoms with Gasteiger partial charge in [-0.05, 0) is 64.7 Å². The number of rotatable bonds is 7. The van der Waals surface area contributed by atoms with Crippen LogP contribution in [0.5, 0.6) is 5.75 Å². The van der Waals surface area contributed by atoms with Crippen LogP contribution in [0.1, 0.15) is 0 Å². The van der Waals surface area contributed by atoms with E-state index in [1.807, 2.05) is 77.8 Å². The van der Waals surface area contributed by atoms with Gasteiger partial charge in [0.2, 0.25) is 0 Å². The molecule has 252 valence electrons. The summed E-state index contributed by atoms with van der Waals surface area (Å²) in [6.45, 7) is 0.620. The van der Waals surface area contributed by atoms with Crippen LogP contribution in [0.25, 0.3) is 78.3 Å². The van der Waals surface area contributed by atoms with Crippen molar-refractivity contribution in [1.82, 2.24) is 15.0 Å². The molecular formula is C48H34N4O. The highest BCUT2D eigenvalue weighted by atomic mass is 16.3. The predicted molar refractivity (Wildman–Crippen MR) is 217 cm³/mol. The molecule has 1 aliphatic heterocycles. The van der Waals surface area contributed by atoms with Gasteiger partial charge in [-0.1, -0.05) is 140 Å². The number of hydrogen-bond acceptors (Lipinski definition) is 5. The zero-order valence-electron chi connectivity index (χ0n) is 28.8. The summed E-state index contributed by atoms with van der Waals surface area (Å²) in [5, 5.41) is 12.4. The lowest BCUT2D eigenvalue weighted by Gasteiger charge is -2.25. The molecule has 0 saturated carbocycles. The highest BCUT2D eigenvalue weighted by Gasteiger charge is 2.22. The van der Waals surface area contributed by atoms with Gasteiger partial charge in [-0.15, -0.1) is 0 Å². The Morgan fingerprint density at radius 3 is 1.60 bits per heavy atom. The summed E-state index contributed by atoms with van der Waals surface area (Å²) >= 11 is 0. The Hall–Kier alpha value is -7.11. The van der Waals surface area contributed by atoms with E-state index in [4.69, 9.17) is 15.0 Å². The number of pyridine rings is 1. The number of nitrogens with zero attached hydrogens (tertiary/aromatic N) is 4. The van der Waals surface area contributed by atoms with Crippen molar-refractivity contribution in [2.24, 2.45) is 0 Å². The van der Waals surface area contributed by atoms with Crippen LogP contribution in [-0.4, -0.2) is 26.6 Å². The van der Waals surface area contributed by atoms with Crippen molar-refractivity contribution in [3.63, 3.8) is 0 Å². The number of benzene rings is 6. The summed E-state index contributed by atoms with van der Waals surface area (Å²) in [7, 11) is 0. The van der Waals surface area contributed by atoms with E-state index in [1.54, 1.807) is 0 Å². The number of para-hydroxylation sites is 1. The Balaban J connectivity index is 1.21. The summed E-state index contributed by atoms with van der Waals surface area (Å²) in [5.74, 6) is 0.801. The van der Waals surface area contributed by atoms with Crippen LogP contribution < -0.4 is 4.90 Å². The lowest BCUT2D eigenvalue weighted by atomic mass is 9.99. The van der Waals surface area contributed by atoms with Crippen molar-refractivity contribution >= 4 is 16.6 Å². The second kappa shape index (κ2) is 13.9. The molecule has 5 nitrogen and oxygen atoms in total. The van der Waals surface area contributed by atoms with E-state index in [9.17, 15) is 5.11 Å². The molecule has 1 N–H and O–H groups in total. The third kappa shape index (κ3) is 6.37. The van der Waals surface area contributed by atoms with Gasteiger partial charge < -0.3 is 10.0 Å². The Bertz CT molecular complexity index is 2570. The summed E-state index contributed by atoms with van der Waals surface area (Å²) in [5.41, 5.74) is 12.0. The Morgan fingerprint density at radius 2 is 0.981 bits per heavy atom. The van der Waals surface area contributed by atoms with Crippen LogP contribution in [-0.2, 0) is 0 Å². The molecule has 8 aromatic rings. The average molecular weight is 683 g/mol. The van der Waals surface area contributed by atoms with Crippen molar-refractivity contribution in [3.8, 4) is 73.2 Å². The Labute approximate surface area is 308 Å². The van der Waals surface area contributed by atoms with Crippen molar-refractivity contribution < 1.29 is 5.11 Å². The molecule has 0 aliphatic carbocycles. The molecule has 0 radical (unpaired) electrons. The van der Waals surface area contributed by atoms with E-state index in [0.717, 1.165) is 61.4 Å². The molecule has 0 unspecified atom stereocenters. The molecule has 0 amide bonds. The van der Waals surface area contributed by atoms with Gasteiger partial charge in [-0.25, -0.2) is 15.0 Å². The van der Waals surface area contributed by atoms with Crippen molar-refractivity contribution in [2.75, 3.05) is 11.4 Å². The maximum atomic E-state index is 11.7. The second-order valence-corrected chi connectivity index (χ2v) is 13.0. The summed E-state index contributed by atoms with van der Waals surface area (Å²) in [6, 6.07) is 55.8. The first-order valence-corrected chi connectivity index (χ1v) is 17.7. The van der Waals surface area contributed by atoms with Crippen molar-refractivity contribution in [1.29, 1.82) is 0 Å². The Morgan fingerprint density at radius 1 is 0.453 bits per heavy atom. The van der Waals surface area contributed by atoms with Crippen LogP contribution >= 0.6 is 0 Å².